The highest BCUT2D eigenvalue weighted by Gasteiger charge is 2.36. The summed E-state index contributed by atoms with van der Waals surface area (Å²) in [7, 11) is 0. The van der Waals surface area contributed by atoms with Gasteiger partial charge in [-0.2, -0.15) is 0 Å². The van der Waals surface area contributed by atoms with Gasteiger partial charge < -0.3 is 20.1 Å². The molecule has 3 N–H and O–H groups in total. The lowest BCUT2D eigenvalue weighted by molar-refractivity contribution is 0.0688. The zero-order chi connectivity index (χ0) is 18.1. The molecule has 3 rings (SSSR count). The Hall–Kier alpha value is -2.42. The first kappa shape index (κ1) is 17.4. The molecule has 132 valence electrons. The van der Waals surface area contributed by atoms with Crippen molar-refractivity contribution in [1.82, 2.24) is 0 Å². The minimum atomic E-state index is -2.76. The highest BCUT2D eigenvalue weighted by atomic mass is 32.2. The molecule has 1 aliphatic heterocycles. The van der Waals surface area contributed by atoms with Gasteiger partial charge in [-0.05, 0) is 24.6 Å². The number of hydrogen-bond acceptors (Lipinski definition) is 6. The molecule has 0 saturated carbocycles. The van der Waals surface area contributed by atoms with Crippen molar-refractivity contribution in [3.8, 4) is 5.75 Å². The van der Waals surface area contributed by atoms with Gasteiger partial charge >= 0.3 is 5.97 Å². The second-order valence-corrected chi connectivity index (χ2v) is 6.41. The first-order valence-corrected chi connectivity index (χ1v) is 8.51. The Bertz CT molecular complexity index is 836. The van der Waals surface area contributed by atoms with E-state index in [1.165, 1.54) is 12.1 Å². The molecule has 0 amide bonds. The second kappa shape index (κ2) is 6.83. The van der Waals surface area contributed by atoms with Crippen molar-refractivity contribution < 1.29 is 27.6 Å². The van der Waals surface area contributed by atoms with Gasteiger partial charge in [-0.25, -0.2) is 9.00 Å². The Kier molecular flexibility index (Phi) is 4.76. The van der Waals surface area contributed by atoms with Crippen molar-refractivity contribution in [2.75, 3.05) is 5.73 Å². The molecule has 7 nitrogen and oxygen atoms in total. The standard InChI is InChI=1S/C17H17NO6S/c1-9-2-4-10(5-3-9)15(24-25(21)22)14-8-12-11(17(19)20)6-7-13(18)16(12)23-14/h2-7,14-15H,8,18H2,1H3,(H,19,20)(H,21,22)/p-1. The summed E-state index contributed by atoms with van der Waals surface area (Å²) in [6, 6.07) is 10.0. The average molecular weight is 362 g/mol. The first-order valence-electron chi connectivity index (χ1n) is 7.51. The number of nitrogens with two attached hydrogens (primary N) is 1. The first-order chi connectivity index (χ1) is 11.9. The van der Waals surface area contributed by atoms with Gasteiger partial charge in [0.15, 0.2) is 0 Å². The molecule has 3 atom stereocenters. The van der Waals surface area contributed by atoms with Gasteiger partial charge in [-0.1, -0.05) is 29.8 Å². The van der Waals surface area contributed by atoms with E-state index in [4.69, 9.17) is 14.7 Å². The lowest BCUT2D eigenvalue weighted by Crippen LogP contribution is -2.26. The van der Waals surface area contributed by atoms with Gasteiger partial charge in [-0.3, -0.25) is 4.18 Å². The average Bonchev–Trinajstić information content (AvgIpc) is 2.99. The lowest BCUT2D eigenvalue weighted by atomic mass is 9.97. The Labute approximate surface area is 146 Å². The number of ether oxygens (including phenoxy) is 1. The number of anilines is 1. The van der Waals surface area contributed by atoms with Gasteiger partial charge in [0.2, 0.25) is 0 Å². The molecule has 2 aromatic carbocycles. The van der Waals surface area contributed by atoms with Crippen LogP contribution in [0.4, 0.5) is 5.69 Å². The van der Waals surface area contributed by atoms with Crippen LogP contribution in [0.3, 0.4) is 0 Å². The molecule has 0 spiro atoms. The molecule has 0 saturated heterocycles. The molecule has 0 bridgehead atoms. The monoisotopic (exact) mass is 362 g/mol. The van der Waals surface area contributed by atoms with E-state index >= 15 is 0 Å². The van der Waals surface area contributed by atoms with Crippen molar-refractivity contribution in [1.29, 1.82) is 0 Å². The van der Waals surface area contributed by atoms with Crippen LogP contribution >= 0.6 is 0 Å². The second-order valence-electron chi connectivity index (χ2n) is 5.81. The van der Waals surface area contributed by atoms with Crippen LogP contribution in [0.15, 0.2) is 36.4 Å². The number of fused-ring (bicyclic) bond motifs is 1. The molecule has 0 aromatic heterocycles. The molecule has 8 heteroatoms. The van der Waals surface area contributed by atoms with Crippen molar-refractivity contribution in [3.05, 3.63) is 58.7 Å². The van der Waals surface area contributed by atoms with Crippen molar-refractivity contribution in [3.63, 3.8) is 0 Å². The Balaban J connectivity index is 1.97. The maximum atomic E-state index is 11.4. The highest BCUT2D eigenvalue weighted by Crippen LogP contribution is 2.41. The van der Waals surface area contributed by atoms with Crippen LogP contribution in [-0.2, 0) is 22.0 Å². The zero-order valence-corrected chi connectivity index (χ0v) is 14.1. The van der Waals surface area contributed by atoms with Crippen LogP contribution in [0.5, 0.6) is 5.75 Å². The summed E-state index contributed by atoms with van der Waals surface area (Å²) in [5.74, 6) is -0.831. The Morgan fingerprint density at radius 3 is 2.64 bits per heavy atom. The number of carbonyl (C=O) groups is 1. The summed E-state index contributed by atoms with van der Waals surface area (Å²) in [5.41, 5.74) is 8.33. The van der Waals surface area contributed by atoms with E-state index in [0.717, 1.165) is 5.56 Å². The number of carboxylic acid groups (broad SMARTS) is 1. The molecule has 0 fully saturated rings. The van der Waals surface area contributed by atoms with Gasteiger partial charge in [0.05, 0.1) is 22.6 Å². The Morgan fingerprint density at radius 2 is 2.04 bits per heavy atom. The molecule has 0 radical (unpaired) electrons. The summed E-state index contributed by atoms with van der Waals surface area (Å²) < 4.78 is 33.1. The largest absolute Gasteiger partial charge is 0.750 e. The molecule has 2 aromatic rings. The number of hydrogen-bond donors (Lipinski definition) is 2. The number of nitrogen functional groups attached to an aromatic ring is 1. The third kappa shape index (κ3) is 3.51. The van der Waals surface area contributed by atoms with E-state index < -0.39 is 29.5 Å². The van der Waals surface area contributed by atoms with Crippen LogP contribution < -0.4 is 10.5 Å². The highest BCUT2D eigenvalue weighted by molar-refractivity contribution is 7.74. The molecule has 1 heterocycles. The number of benzene rings is 2. The van der Waals surface area contributed by atoms with Crippen LogP contribution in [0, 0.1) is 6.92 Å². The van der Waals surface area contributed by atoms with Crippen molar-refractivity contribution in [2.24, 2.45) is 0 Å². The number of aryl methyl sites for hydroxylation is 1. The van der Waals surface area contributed by atoms with Crippen molar-refractivity contribution in [2.45, 2.75) is 25.6 Å². The van der Waals surface area contributed by atoms with E-state index in [0.29, 0.717) is 16.8 Å². The topological polar surface area (TPSA) is 122 Å². The van der Waals surface area contributed by atoms with Crippen LogP contribution in [0.25, 0.3) is 0 Å². The smallest absolute Gasteiger partial charge is 0.336 e. The molecular weight excluding hydrogens is 346 g/mol. The quantitative estimate of drug-likeness (QED) is 0.617. The number of aromatic carboxylic acids is 1. The third-order valence-electron chi connectivity index (χ3n) is 4.12. The van der Waals surface area contributed by atoms with Gasteiger partial charge in [0.25, 0.3) is 0 Å². The van der Waals surface area contributed by atoms with E-state index in [-0.39, 0.29) is 17.7 Å². The fourth-order valence-electron chi connectivity index (χ4n) is 2.92. The normalized spacial score (nSPS) is 18.2. The summed E-state index contributed by atoms with van der Waals surface area (Å²) >= 11 is -2.76. The fraction of sp³-hybridized carbons (Fsp3) is 0.235. The maximum absolute atomic E-state index is 11.4. The van der Waals surface area contributed by atoms with E-state index in [9.17, 15) is 18.7 Å². The minimum absolute atomic E-state index is 0.0811. The molecule has 0 aliphatic carbocycles. The van der Waals surface area contributed by atoms with E-state index in [2.05, 4.69) is 0 Å². The third-order valence-corrected chi connectivity index (χ3v) is 4.49. The molecule has 25 heavy (non-hydrogen) atoms. The molecule has 3 unspecified atom stereocenters. The van der Waals surface area contributed by atoms with Crippen LogP contribution in [0.2, 0.25) is 0 Å². The van der Waals surface area contributed by atoms with Gasteiger partial charge in [0.1, 0.15) is 18.0 Å². The molecule has 1 aliphatic rings. The zero-order valence-electron chi connectivity index (χ0n) is 13.3. The number of rotatable bonds is 5. The van der Waals surface area contributed by atoms with E-state index in [1.807, 2.05) is 19.1 Å². The van der Waals surface area contributed by atoms with Gasteiger partial charge in [-0.15, -0.1) is 0 Å². The fourth-order valence-corrected chi connectivity index (χ4v) is 3.33. The maximum Gasteiger partial charge on any atom is 0.336 e. The summed E-state index contributed by atoms with van der Waals surface area (Å²) in [6.45, 7) is 1.91. The SMILES string of the molecule is Cc1ccc(C(OS(=O)[O-])C2Cc3c(C(=O)O)ccc(N)c3O2)cc1. The van der Waals surface area contributed by atoms with E-state index in [1.54, 1.807) is 12.1 Å². The lowest BCUT2D eigenvalue weighted by Gasteiger charge is -2.24. The number of carboxylic acids is 1. The molecular formula is C17H16NO6S-. The van der Waals surface area contributed by atoms with Crippen LogP contribution in [0.1, 0.15) is 33.2 Å². The summed E-state index contributed by atoms with van der Waals surface area (Å²) in [5, 5.41) is 9.33. The van der Waals surface area contributed by atoms with Crippen LogP contribution in [-0.4, -0.2) is 25.9 Å². The minimum Gasteiger partial charge on any atom is -0.750 e. The summed E-state index contributed by atoms with van der Waals surface area (Å²) in [6.07, 6.45) is -1.44. The Morgan fingerprint density at radius 1 is 1.36 bits per heavy atom. The predicted octanol–water partition coefficient (Wildman–Crippen LogP) is 2.13. The summed E-state index contributed by atoms with van der Waals surface area (Å²) in [4.78, 5) is 11.4. The van der Waals surface area contributed by atoms with Gasteiger partial charge in [0, 0.05) is 12.0 Å². The van der Waals surface area contributed by atoms with Crippen molar-refractivity contribution >= 4 is 23.0 Å². The predicted molar refractivity (Wildman–Crippen MR) is 89.9 cm³/mol.